The lowest BCUT2D eigenvalue weighted by molar-refractivity contribution is 0.229. The second-order valence-corrected chi connectivity index (χ2v) is 5.88. The van der Waals surface area contributed by atoms with Crippen LogP contribution in [0.2, 0.25) is 0 Å². The minimum Gasteiger partial charge on any atom is -0.312 e. The monoisotopic (exact) mass is 281 g/mol. The van der Waals surface area contributed by atoms with E-state index in [1.165, 1.54) is 24.0 Å². The molecule has 1 atom stereocenters. The number of nitrogens with one attached hydrogen (secondary N) is 1. The first-order valence-corrected chi connectivity index (χ1v) is 7.70. The zero-order valence-electron chi connectivity index (χ0n) is 12.6. The molecule has 1 saturated carbocycles. The van der Waals surface area contributed by atoms with E-state index in [0.717, 1.165) is 19.1 Å². The lowest BCUT2D eigenvalue weighted by atomic mass is 10.0. The smallest absolute Gasteiger partial charge is 0.0473 e. The summed E-state index contributed by atoms with van der Waals surface area (Å²) in [5.74, 6) is 0. The second-order valence-electron chi connectivity index (χ2n) is 5.88. The number of hydrogen-bond donors (Lipinski definition) is 1. The van der Waals surface area contributed by atoms with Crippen molar-refractivity contribution >= 4 is 0 Å². The Morgan fingerprint density at radius 1 is 1.14 bits per heavy atom. The first kappa shape index (κ1) is 14.2. The van der Waals surface area contributed by atoms with Gasteiger partial charge in [0.2, 0.25) is 0 Å². The minimum atomic E-state index is 0.403. The standard InChI is InChI=1S/C18H23N3/c1-21(14-15-9-11-19-12-10-15)18(13-20-17-7-8-17)16-5-3-2-4-6-16/h2-6,9-12,17-18,20H,7-8,13-14H2,1H3. The predicted molar refractivity (Wildman–Crippen MR) is 85.9 cm³/mol. The molecule has 2 aromatic rings. The maximum atomic E-state index is 4.09. The summed E-state index contributed by atoms with van der Waals surface area (Å²) in [5, 5.41) is 3.67. The van der Waals surface area contributed by atoms with Gasteiger partial charge in [-0.25, -0.2) is 0 Å². The summed E-state index contributed by atoms with van der Waals surface area (Å²) < 4.78 is 0. The van der Waals surface area contributed by atoms with Gasteiger partial charge in [0.1, 0.15) is 0 Å². The number of benzene rings is 1. The lowest BCUT2D eigenvalue weighted by Gasteiger charge is -2.29. The van der Waals surface area contributed by atoms with Gasteiger partial charge in [-0.15, -0.1) is 0 Å². The van der Waals surface area contributed by atoms with E-state index in [9.17, 15) is 0 Å². The maximum Gasteiger partial charge on any atom is 0.0473 e. The van der Waals surface area contributed by atoms with E-state index in [0.29, 0.717) is 6.04 Å². The first-order chi connectivity index (χ1) is 10.3. The normalized spacial score (nSPS) is 16.1. The Balaban J connectivity index is 1.70. The van der Waals surface area contributed by atoms with Gasteiger partial charge >= 0.3 is 0 Å². The van der Waals surface area contributed by atoms with Crippen LogP contribution in [0.15, 0.2) is 54.9 Å². The largest absolute Gasteiger partial charge is 0.312 e. The summed E-state index contributed by atoms with van der Waals surface area (Å²) in [4.78, 5) is 6.51. The molecule has 1 unspecified atom stereocenters. The Bertz CT molecular complexity index is 537. The minimum absolute atomic E-state index is 0.403. The van der Waals surface area contributed by atoms with Crippen molar-refractivity contribution in [1.82, 2.24) is 15.2 Å². The highest BCUT2D eigenvalue weighted by atomic mass is 15.2. The topological polar surface area (TPSA) is 28.2 Å². The molecule has 1 aliphatic rings. The summed E-state index contributed by atoms with van der Waals surface area (Å²) in [5.41, 5.74) is 2.68. The van der Waals surface area contributed by atoms with Gasteiger partial charge in [-0.2, -0.15) is 0 Å². The number of pyridine rings is 1. The molecule has 3 rings (SSSR count). The highest BCUT2D eigenvalue weighted by molar-refractivity contribution is 5.20. The Kier molecular flexibility index (Phi) is 4.63. The highest BCUT2D eigenvalue weighted by Gasteiger charge is 2.24. The van der Waals surface area contributed by atoms with E-state index >= 15 is 0 Å². The van der Waals surface area contributed by atoms with Crippen molar-refractivity contribution < 1.29 is 0 Å². The van der Waals surface area contributed by atoms with Crippen LogP contribution in [-0.4, -0.2) is 29.5 Å². The van der Waals surface area contributed by atoms with E-state index in [1.54, 1.807) is 0 Å². The molecule has 3 nitrogen and oxygen atoms in total. The van der Waals surface area contributed by atoms with Crippen LogP contribution in [-0.2, 0) is 6.54 Å². The molecule has 110 valence electrons. The summed E-state index contributed by atoms with van der Waals surface area (Å²) in [7, 11) is 2.20. The molecule has 1 aromatic heterocycles. The Morgan fingerprint density at radius 2 is 1.86 bits per heavy atom. The van der Waals surface area contributed by atoms with Crippen LogP contribution in [0.5, 0.6) is 0 Å². The van der Waals surface area contributed by atoms with Gasteiger partial charge in [-0.3, -0.25) is 9.88 Å². The summed E-state index contributed by atoms with van der Waals surface area (Å²) in [6, 6.07) is 16.1. The van der Waals surface area contributed by atoms with Crippen LogP contribution in [0.3, 0.4) is 0 Å². The molecule has 0 spiro atoms. The summed E-state index contributed by atoms with van der Waals surface area (Å²) in [6.07, 6.45) is 6.39. The Morgan fingerprint density at radius 3 is 2.52 bits per heavy atom. The molecule has 0 aliphatic heterocycles. The molecular weight excluding hydrogens is 258 g/mol. The van der Waals surface area contributed by atoms with Crippen molar-refractivity contribution in [2.75, 3.05) is 13.6 Å². The quantitative estimate of drug-likeness (QED) is 0.845. The fraction of sp³-hybridized carbons (Fsp3) is 0.389. The molecule has 1 aliphatic carbocycles. The number of rotatable bonds is 7. The van der Waals surface area contributed by atoms with Crippen LogP contribution in [0.1, 0.15) is 30.0 Å². The van der Waals surface area contributed by atoms with Gasteiger partial charge in [-0.1, -0.05) is 30.3 Å². The number of nitrogens with zero attached hydrogens (tertiary/aromatic N) is 2. The summed E-state index contributed by atoms with van der Waals surface area (Å²) >= 11 is 0. The number of aromatic nitrogens is 1. The molecule has 0 amide bonds. The molecule has 0 saturated heterocycles. The highest BCUT2D eigenvalue weighted by Crippen LogP contribution is 2.24. The van der Waals surface area contributed by atoms with E-state index in [2.05, 4.69) is 64.7 Å². The maximum absolute atomic E-state index is 4.09. The SMILES string of the molecule is CN(Cc1ccncc1)C(CNC1CC1)c1ccccc1. The van der Waals surface area contributed by atoms with Crippen molar-refractivity contribution in [3.63, 3.8) is 0 Å². The molecule has 0 bridgehead atoms. The van der Waals surface area contributed by atoms with Crippen LogP contribution in [0, 0.1) is 0 Å². The van der Waals surface area contributed by atoms with Crippen molar-refractivity contribution in [3.8, 4) is 0 Å². The van der Waals surface area contributed by atoms with Crippen LogP contribution < -0.4 is 5.32 Å². The Labute approximate surface area is 127 Å². The van der Waals surface area contributed by atoms with Crippen molar-refractivity contribution in [1.29, 1.82) is 0 Å². The number of likely N-dealkylation sites (N-methyl/N-ethyl adjacent to an activating group) is 1. The molecule has 1 aromatic carbocycles. The molecule has 1 N–H and O–H groups in total. The van der Waals surface area contributed by atoms with Crippen molar-refractivity contribution in [3.05, 3.63) is 66.0 Å². The predicted octanol–water partition coefficient (Wildman–Crippen LogP) is 3.01. The summed E-state index contributed by atoms with van der Waals surface area (Å²) in [6.45, 7) is 1.95. The average molecular weight is 281 g/mol. The van der Waals surface area contributed by atoms with E-state index in [4.69, 9.17) is 0 Å². The first-order valence-electron chi connectivity index (χ1n) is 7.70. The molecular formula is C18H23N3. The van der Waals surface area contributed by atoms with Crippen LogP contribution in [0.4, 0.5) is 0 Å². The zero-order chi connectivity index (χ0) is 14.5. The van der Waals surface area contributed by atoms with E-state index in [-0.39, 0.29) is 0 Å². The van der Waals surface area contributed by atoms with Crippen LogP contribution >= 0.6 is 0 Å². The fourth-order valence-electron chi connectivity index (χ4n) is 2.66. The molecule has 3 heteroatoms. The molecule has 1 heterocycles. The molecule has 0 radical (unpaired) electrons. The van der Waals surface area contributed by atoms with Crippen LogP contribution in [0.25, 0.3) is 0 Å². The third-order valence-corrected chi connectivity index (χ3v) is 4.07. The van der Waals surface area contributed by atoms with Gasteiger partial charge in [0, 0.05) is 37.6 Å². The third kappa shape index (κ3) is 4.13. The van der Waals surface area contributed by atoms with E-state index < -0.39 is 0 Å². The van der Waals surface area contributed by atoms with Crippen molar-refractivity contribution in [2.45, 2.75) is 31.5 Å². The van der Waals surface area contributed by atoms with Gasteiger partial charge in [0.25, 0.3) is 0 Å². The average Bonchev–Trinajstić information content (AvgIpc) is 3.34. The lowest BCUT2D eigenvalue weighted by Crippen LogP contribution is -2.34. The Hall–Kier alpha value is -1.71. The molecule has 21 heavy (non-hydrogen) atoms. The van der Waals surface area contributed by atoms with Gasteiger partial charge in [-0.05, 0) is 43.1 Å². The van der Waals surface area contributed by atoms with Crippen molar-refractivity contribution in [2.24, 2.45) is 0 Å². The molecule has 1 fully saturated rings. The number of hydrogen-bond acceptors (Lipinski definition) is 3. The van der Waals surface area contributed by atoms with Gasteiger partial charge in [0.15, 0.2) is 0 Å². The third-order valence-electron chi connectivity index (χ3n) is 4.07. The van der Waals surface area contributed by atoms with Gasteiger partial charge in [0.05, 0.1) is 0 Å². The zero-order valence-corrected chi connectivity index (χ0v) is 12.6. The van der Waals surface area contributed by atoms with E-state index in [1.807, 2.05) is 12.4 Å². The second kappa shape index (κ2) is 6.83. The van der Waals surface area contributed by atoms with Gasteiger partial charge < -0.3 is 5.32 Å². The fourth-order valence-corrected chi connectivity index (χ4v) is 2.66.